The van der Waals surface area contributed by atoms with Crippen molar-refractivity contribution in [2.45, 2.75) is 0 Å². The monoisotopic (exact) mass is 197 g/mol. The molecule has 0 aromatic heterocycles. The molecule has 6 nitrogen and oxygen atoms in total. The number of hydrogen-bond donors (Lipinski definition) is 2. The molecule has 0 unspecified atom stereocenters. The largest absolute Gasteiger partial charge is 0.461 e. The van der Waals surface area contributed by atoms with Gasteiger partial charge in [0.25, 0.3) is 10.1 Å². The first kappa shape index (κ1) is 13.7. The van der Waals surface area contributed by atoms with Crippen molar-refractivity contribution < 1.29 is 22.5 Å². The summed E-state index contributed by atoms with van der Waals surface area (Å²) in [4.78, 5) is 10.4. The van der Waals surface area contributed by atoms with Gasteiger partial charge in [-0.1, -0.05) is 12.7 Å². The van der Waals surface area contributed by atoms with Gasteiger partial charge in [0.15, 0.2) is 5.75 Å². The van der Waals surface area contributed by atoms with Gasteiger partial charge in [0.2, 0.25) is 0 Å². The van der Waals surface area contributed by atoms with Crippen LogP contribution in [0.1, 0.15) is 0 Å². The molecule has 72 valence electrons. The van der Waals surface area contributed by atoms with Gasteiger partial charge in [0, 0.05) is 0 Å². The van der Waals surface area contributed by atoms with Crippen LogP contribution in [0.4, 0.5) is 0 Å². The Kier molecular flexibility index (Phi) is 6.48. The Bertz CT molecular complexity index is 245. The van der Waals surface area contributed by atoms with Crippen LogP contribution in [-0.2, 0) is 19.6 Å². The lowest BCUT2D eigenvalue weighted by molar-refractivity contribution is -0.139. The maximum atomic E-state index is 10.4. The normalized spacial score (nSPS) is 9.75. The summed E-state index contributed by atoms with van der Waals surface area (Å²) < 4.78 is 32.5. The molecule has 0 aliphatic rings. The average Bonchev–Trinajstić information content (AvgIpc) is 1.79. The number of ether oxygens (including phenoxy) is 1. The van der Waals surface area contributed by atoms with Crippen LogP contribution < -0.4 is 6.15 Å². The molecule has 12 heavy (non-hydrogen) atoms. The van der Waals surface area contributed by atoms with E-state index in [9.17, 15) is 13.2 Å². The standard InChI is InChI=1S/C5H8O5S.H3N/c1-2-3-10-5(6)4-11(7,8)9;/h2H,1,3-4H2,(H,7,8,9);1H3. The lowest BCUT2D eigenvalue weighted by Gasteiger charge is -1.97. The summed E-state index contributed by atoms with van der Waals surface area (Å²) in [5.74, 6) is -2.01. The van der Waals surface area contributed by atoms with Crippen molar-refractivity contribution in [3.8, 4) is 0 Å². The van der Waals surface area contributed by atoms with Gasteiger partial charge in [0.05, 0.1) is 0 Å². The third-order valence-electron chi connectivity index (χ3n) is 0.662. The molecule has 0 radical (unpaired) electrons. The van der Waals surface area contributed by atoms with Gasteiger partial charge in [-0.3, -0.25) is 9.35 Å². The number of carbonyl (C=O) groups excluding carboxylic acids is 1. The number of esters is 1. The Morgan fingerprint density at radius 3 is 2.42 bits per heavy atom. The lowest BCUT2D eigenvalue weighted by Crippen LogP contribution is -2.17. The molecule has 0 heterocycles. The van der Waals surface area contributed by atoms with Crippen molar-refractivity contribution in [3.05, 3.63) is 12.7 Å². The van der Waals surface area contributed by atoms with Gasteiger partial charge in [-0.25, -0.2) is 0 Å². The molecule has 0 saturated heterocycles. The highest BCUT2D eigenvalue weighted by atomic mass is 32.2. The minimum Gasteiger partial charge on any atom is -0.461 e. The Morgan fingerprint density at radius 2 is 2.08 bits per heavy atom. The molecule has 0 aromatic rings. The molecule has 0 bridgehead atoms. The Morgan fingerprint density at radius 1 is 1.58 bits per heavy atom. The first-order chi connectivity index (χ1) is 4.95. The fourth-order valence-corrected chi connectivity index (χ4v) is 0.724. The van der Waals surface area contributed by atoms with E-state index >= 15 is 0 Å². The first-order valence-electron chi connectivity index (χ1n) is 2.67. The molecule has 0 fully saturated rings. The predicted octanol–water partition coefficient (Wildman–Crippen LogP) is -0.235. The zero-order chi connectivity index (χ0) is 8.91. The number of hydrogen-bond acceptors (Lipinski definition) is 5. The van der Waals surface area contributed by atoms with Crippen molar-refractivity contribution in [1.29, 1.82) is 0 Å². The van der Waals surface area contributed by atoms with E-state index in [4.69, 9.17) is 4.55 Å². The average molecular weight is 197 g/mol. The first-order valence-corrected chi connectivity index (χ1v) is 4.28. The summed E-state index contributed by atoms with van der Waals surface area (Å²) in [7, 11) is -4.26. The van der Waals surface area contributed by atoms with Gasteiger partial charge in [-0.2, -0.15) is 8.42 Å². The predicted molar refractivity (Wildman–Crippen MR) is 42.6 cm³/mol. The van der Waals surface area contributed by atoms with E-state index in [1.54, 1.807) is 0 Å². The minimum atomic E-state index is -4.26. The number of rotatable bonds is 4. The maximum Gasteiger partial charge on any atom is 0.323 e. The molecule has 0 saturated carbocycles. The van der Waals surface area contributed by atoms with E-state index in [2.05, 4.69) is 11.3 Å². The summed E-state index contributed by atoms with van der Waals surface area (Å²) in [6, 6.07) is 0. The van der Waals surface area contributed by atoms with Crippen molar-refractivity contribution in [1.82, 2.24) is 6.15 Å². The molecule has 0 aliphatic carbocycles. The van der Waals surface area contributed by atoms with Crippen LogP contribution in [0, 0.1) is 0 Å². The third-order valence-corrected chi connectivity index (χ3v) is 1.26. The van der Waals surface area contributed by atoms with Crippen LogP contribution in [0.3, 0.4) is 0 Å². The minimum absolute atomic E-state index is 0. The molecule has 7 heteroatoms. The van der Waals surface area contributed by atoms with E-state index in [-0.39, 0.29) is 12.8 Å². The molecule has 0 spiro atoms. The fraction of sp³-hybridized carbons (Fsp3) is 0.400. The third kappa shape index (κ3) is 9.08. The Balaban J connectivity index is 0. The van der Waals surface area contributed by atoms with Crippen LogP contribution in [0.25, 0.3) is 0 Å². The van der Waals surface area contributed by atoms with E-state index in [1.807, 2.05) is 0 Å². The van der Waals surface area contributed by atoms with Crippen molar-refractivity contribution >= 4 is 16.1 Å². The van der Waals surface area contributed by atoms with Crippen molar-refractivity contribution in [3.63, 3.8) is 0 Å². The van der Waals surface area contributed by atoms with Crippen LogP contribution in [0.5, 0.6) is 0 Å². The SMILES string of the molecule is C=CCOC(=O)CS(=O)(=O)O.N. The summed E-state index contributed by atoms with van der Waals surface area (Å²) in [6.07, 6.45) is 1.29. The Labute approximate surface area is 70.5 Å². The molecule has 0 aromatic carbocycles. The highest BCUT2D eigenvalue weighted by Gasteiger charge is 2.12. The summed E-state index contributed by atoms with van der Waals surface area (Å²) in [6.45, 7) is 3.18. The zero-order valence-corrected chi connectivity index (χ0v) is 7.21. The Hall–Kier alpha value is -0.920. The van der Waals surface area contributed by atoms with Gasteiger partial charge < -0.3 is 10.9 Å². The number of carbonyl (C=O) groups is 1. The molecule has 0 amide bonds. The summed E-state index contributed by atoms with van der Waals surface area (Å²) >= 11 is 0. The van der Waals surface area contributed by atoms with Crippen LogP contribution in [0.15, 0.2) is 12.7 Å². The fourth-order valence-electron chi connectivity index (χ4n) is 0.342. The van der Waals surface area contributed by atoms with E-state index in [0.717, 1.165) is 0 Å². The molecular formula is C5H11NO5S. The zero-order valence-electron chi connectivity index (χ0n) is 6.39. The smallest absolute Gasteiger partial charge is 0.323 e. The van der Waals surface area contributed by atoms with Gasteiger partial charge >= 0.3 is 5.97 Å². The van der Waals surface area contributed by atoms with E-state index in [0.29, 0.717) is 0 Å². The van der Waals surface area contributed by atoms with Crippen molar-refractivity contribution in [2.75, 3.05) is 12.4 Å². The van der Waals surface area contributed by atoms with Crippen molar-refractivity contribution in [2.24, 2.45) is 0 Å². The molecule has 0 aliphatic heterocycles. The quantitative estimate of drug-likeness (QED) is 0.365. The highest BCUT2D eigenvalue weighted by molar-refractivity contribution is 7.86. The molecular weight excluding hydrogens is 186 g/mol. The lowest BCUT2D eigenvalue weighted by atomic mass is 10.7. The second-order valence-electron chi connectivity index (χ2n) is 1.70. The molecule has 4 N–H and O–H groups in total. The molecule has 0 rings (SSSR count). The van der Waals surface area contributed by atoms with Crippen LogP contribution in [-0.4, -0.2) is 31.3 Å². The highest BCUT2D eigenvalue weighted by Crippen LogP contribution is 1.86. The van der Waals surface area contributed by atoms with Gasteiger partial charge in [-0.05, 0) is 0 Å². The summed E-state index contributed by atoms with van der Waals surface area (Å²) in [5, 5.41) is 0. The van der Waals surface area contributed by atoms with Gasteiger partial charge in [0.1, 0.15) is 6.61 Å². The second-order valence-corrected chi connectivity index (χ2v) is 3.15. The molecule has 0 atom stereocenters. The van der Waals surface area contributed by atoms with Gasteiger partial charge in [-0.15, -0.1) is 0 Å². The summed E-state index contributed by atoms with van der Waals surface area (Å²) in [5.41, 5.74) is 0. The van der Waals surface area contributed by atoms with Crippen LogP contribution >= 0.6 is 0 Å². The maximum absolute atomic E-state index is 10.4. The topological polar surface area (TPSA) is 116 Å². The van der Waals surface area contributed by atoms with E-state index < -0.39 is 21.8 Å². The second kappa shape index (κ2) is 5.70. The van der Waals surface area contributed by atoms with E-state index in [1.165, 1.54) is 6.08 Å². The van der Waals surface area contributed by atoms with Crippen LogP contribution in [0.2, 0.25) is 0 Å².